The van der Waals surface area contributed by atoms with Gasteiger partial charge in [0, 0.05) is 0 Å². The summed E-state index contributed by atoms with van der Waals surface area (Å²) in [6.45, 7) is 16.2. The molecule has 27 heavy (non-hydrogen) atoms. The number of imide groups is 1. The lowest BCUT2D eigenvalue weighted by atomic mass is 10.2. The van der Waals surface area contributed by atoms with E-state index in [1.54, 1.807) is 47.6 Å². The molecule has 0 radical (unpaired) electrons. The van der Waals surface area contributed by atoms with Gasteiger partial charge in [-0.25, -0.2) is 14.5 Å². The minimum atomic E-state index is -0.768. The van der Waals surface area contributed by atoms with Crippen molar-refractivity contribution in [1.82, 2.24) is 4.90 Å². The number of rotatable bonds is 11. The molecule has 0 aliphatic heterocycles. The molecule has 0 heterocycles. The third-order valence-corrected chi connectivity index (χ3v) is 2.67. The lowest BCUT2D eigenvalue weighted by molar-refractivity contribution is -0.0104. The normalized spacial score (nSPS) is 11.8. The first-order valence-electron chi connectivity index (χ1n) is 9.04. The lowest BCUT2D eigenvalue weighted by Gasteiger charge is -2.28. The third-order valence-electron chi connectivity index (χ3n) is 2.67. The molecule has 2 amide bonds. The molecule has 0 aromatic carbocycles. The van der Waals surface area contributed by atoms with Crippen molar-refractivity contribution < 1.29 is 33.3 Å². The van der Waals surface area contributed by atoms with E-state index in [2.05, 4.69) is 6.58 Å². The highest BCUT2D eigenvalue weighted by molar-refractivity contribution is 5.88. The van der Waals surface area contributed by atoms with Crippen LogP contribution in [0, 0.1) is 0 Å². The van der Waals surface area contributed by atoms with Gasteiger partial charge in [0.15, 0.2) is 0 Å². The van der Waals surface area contributed by atoms with Crippen molar-refractivity contribution in [2.45, 2.75) is 52.7 Å². The van der Waals surface area contributed by atoms with Gasteiger partial charge in [-0.15, -0.1) is 6.58 Å². The first kappa shape index (κ1) is 25.4. The Hall–Kier alpha value is -1.64. The topological polar surface area (TPSA) is 83.5 Å². The molecule has 8 heteroatoms. The molecule has 0 aromatic heterocycles. The first-order chi connectivity index (χ1) is 12.5. The summed E-state index contributed by atoms with van der Waals surface area (Å²) in [5.74, 6) is 0. The fraction of sp³-hybridized carbons (Fsp3) is 0.789. The molecule has 0 spiro atoms. The van der Waals surface area contributed by atoms with Gasteiger partial charge in [0.05, 0.1) is 46.2 Å². The number of ether oxygens (including phenoxy) is 5. The van der Waals surface area contributed by atoms with Gasteiger partial charge >= 0.3 is 12.2 Å². The Morgan fingerprint density at radius 2 is 1.19 bits per heavy atom. The summed E-state index contributed by atoms with van der Waals surface area (Å²) in [4.78, 5) is 25.5. The van der Waals surface area contributed by atoms with Gasteiger partial charge < -0.3 is 23.7 Å². The van der Waals surface area contributed by atoms with Crippen LogP contribution < -0.4 is 0 Å². The van der Waals surface area contributed by atoms with Crippen LogP contribution in [0.1, 0.15) is 41.5 Å². The van der Waals surface area contributed by atoms with Crippen LogP contribution in [0.2, 0.25) is 0 Å². The molecule has 0 aliphatic carbocycles. The molecular formula is C19H35NO7. The van der Waals surface area contributed by atoms with E-state index in [0.29, 0.717) is 33.0 Å². The molecule has 0 N–H and O–H groups in total. The standard InChI is InChI=1S/C19H35NO7/c1-8-10-23-12-14-25-15-13-24-11-9-20(16(21)26-18(2,3)4)17(22)27-19(5,6)7/h8H,1,9-15H2,2-7H3. The number of hydrogen-bond donors (Lipinski definition) is 0. The molecule has 0 unspecified atom stereocenters. The number of amides is 2. The molecule has 0 aliphatic rings. The van der Waals surface area contributed by atoms with Crippen molar-refractivity contribution in [3.8, 4) is 0 Å². The second-order valence-electron chi connectivity index (χ2n) is 7.70. The monoisotopic (exact) mass is 389 g/mol. The third kappa shape index (κ3) is 15.1. The Bertz CT molecular complexity index is 424. The van der Waals surface area contributed by atoms with E-state index in [-0.39, 0.29) is 13.2 Å². The zero-order valence-electron chi connectivity index (χ0n) is 17.5. The van der Waals surface area contributed by atoms with E-state index in [0.717, 1.165) is 4.90 Å². The molecule has 158 valence electrons. The Labute approximate surface area is 162 Å². The zero-order chi connectivity index (χ0) is 20.9. The summed E-state index contributed by atoms with van der Waals surface area (Å²) in [7, 11) is 0. The Morgan fingerprint density at radius 1 is 0.778 bits per heavy atom. The van der Waals surface area contributed by atoms with E-state index in [1.165, 1.54) is 0 Å². The van der Waals surface area contributed by atoms with Gasteiger partial charge in [0.2, 0.25) is 0 Å². The minimum Gasteiger partial charge on any atom is -0.443 e. The molecule has 0 rings (SSSR count). The van der Waals surface area contributed by atoms with Crippen molar-refractivity contribution in [2.24, 2.45) is 0 Å². The molecule has 0 bridgehead atoms. The summed E-state index contributed by atoms with van der Waals surface area (Å²) in [6, 6.07) is 0. The summed E-state index contributed by atoms with van der Waals surface area (Å²) >= 11 is 0. The predicted octanol–water partition coefficient (Wildman–Crippen LogP) is 3.39. The molecule has 0 aromatic rings. The SMILES string of the molecule is C=CCOCCOCCOCCN(C(=O)OC(C)(C)C)C(=O)OC(C)(C)C. The van der Waals surface area contributed by atoms with Crippen LogP contribution in [0.25, 0.3) is 0 Å². The smallest absolute Gasteiger partial charge is 0.419 e. The summed E-state index contributed by atoms with van der Waals surface area (Å²) < 4.78 is 26.5. The lowest BCUT2D eigenvalue weighted by Crippen LogP contribution is -2.45. The van der Waals surface area contributed by atoms with Gasteiger partial charge in [-0.05, 0) is 41.5 Å². The van der Waals surface area contributed by atoms with Gasteiger partial charge in [-0.2, -0.15) is 0 Å². The highest BCUT2D eigenvalue weighted by Crippen LogP contribution is 2.14. The number of carbonyl (C=O) groups excluding carboxylic acids is 2. The second-order valence-corrected chi connectivity index (χ2v) is 7.70. The van der Waals surface area contributed by atoms with Crippen LogP contribution in [-0.4, -0.2) is 74.5 Å². The van der Waals surface area contributed by atoms with Crippen LogP contribution in [0.3, 0.4) is 0 Å². The maximum absolute atomic E-state index is 12.3. The molecule has 0 fully saturated rings. The Morgan fingerprint density at radius 3 is 1.59 bits per heavy atom. The van der Waals surface area contributed by atoms with Gasteiger partial charge in [0.1, 0.15) is 11.2 Å². The average molecular weight is 389 g/mol. The first-order valence-corrected chi connectivity index (χ1v) is 9.04. The number of hydrogen-bond acceptors (Lipinski definition) is 7. The predicted molar refractivity (Wildman–Crippen MR) is 102 cm³/mol. The van der Waals surface area contributed by atoms with Crippen LogP contribution in [0.5, 0.6) is 0 Å². The van der Waals surface area contributed by atoms with Gasteiger partial charge in [-0.1, -0.05) is 6.08 Å². The van der Waals surface area contributed by atoms with Crippen LogP contribution >= 0.6 is 0 Å². The largest absolute Gasteiger partial charge is 0.443 e. The summed E-state index contributed by atoms with van der Waals surface area (Å²) in [5, 5.41) is 0. The van der Waals surface area contributed by atoms with Crippen LogP contribution in [0.4, 0.5) is 9.59 Å². The van der Waals surface area contributed by atoms with Gasteiger partial charge in [-0.3, -0.25) is 0 Å². The average Bonchev–Trinajstić information content (AvgIpc) is 2.49. The van der Waals surface area contributed by atoms with E-state index < -0.39 is 23.4 Å². The van der Waals surface area contributed by atoms with E-state index in [4.69, 9.17) is 23.7 Å². The molecule has 0 atom stereocenters. The van der Waals surface area contributed by atoms with Crippen molar-refractivity contribution >= 4 is 12.2 Å². The Balaban J connectivity index is 4.30. The molecular weight excluding hydrogens is 354 g/mol. The maximum atomic E-state index is 12.3. The highest BCUT2D eigenvalue weighted by atomic mass is 16.6. The van der Waals surface area contributed by atoms with Crippen LogP contribution in [-0.2, 0) is 23.7 Å². The minimum absolute atomic E-state index is 0.0201. The summed E-state index contributed by atoms with van der Waals surface area (Å²) in [6.07, 6.45) is 0.136. The quantitative estimate of drug-likeness (QED) is 0.395. The molecule has 0 saturated carbocycles. The van der Waals surface area contributed by atoms with Crippen molar-refractivity contribution in [3.05, 3.63) is 12.7 Å². The molecule has 8 nitrogen and oxygen atoms in total. The van der Waals surface area contributed by atoms with Crippen LogP contribution in [0.15, 0.2) is 12.7 Å². The van der Waals surface area contributed by atoms with E-state index in [1.807, 2.05) is 0 Å². The van der Waals surface area contributed by atoms with E-state index >= 15 is 0 Å². The Kier molecular flexibility index (Phi) is 11.9. The van der Waals surface area contributed by atoms with Crippen molar-refractivity contribution in [1.29, 1.82) is 0 Å². The van der Waals surface area contributed by atoms with Crippen molar-refractivity contribution in [3.63, 3.8) is 0 Å². The molecule has 0 saturated heterocycles. The van der Waals surface area contributed by atoms with Crippen molar-refractivity contribution in [2.75, 3.05) is 46.2 Å². The van der Waals surface area contributed by atoms with E-state index in [9.17, 15) is 9.59 Å². The maximum Gasteiger partial charge on any atom is 0.419 e. The zero-order valence-corrected chi connectivity index (χ0v) is 17.5. The highest BCUT2D eigenvalue weighted by Gasteiger charge is 2.30. The fourth-order valence-corrected chi connectivity index (χ4v) is 1.65. The number of carbonyl (C=O) groups is 2. The fourth-order valence-electron chi connectivity index (χ4n) is 1.65. The number of nitrogens with zero attached hydrogens (tertiary/aromatic N) is 1. The second kappa shape index (κ2) is 12.7. The summed E-state index contributed by atoms with van der Waals surface area (Å²) in [5.41, 5.74) is -1.45. The van der Waals surface area contributed by atoms with Gasteiger partial charge in [0.25, 0.3) is 0 Å².